The first kappa shape index (κ1) is 22.0. The molecule has 1 heterocycles. The molecule has 1 atom stereocenters. The highest BCUT2D eigenvalue weighted by Gasteiger charge is 2.24. The lowest BCUT2D eigenvalue weighted by Crippen LogP contribution is -2.37. The zero-order valence-electron chi connectivity index (χ0n) is 18.3. The second-order valence-corrected chi connectivity index (χ2v) is 7.35. The molecule has 0 unspecified atom stereocenters. The summed E-state index contributed by atoms with van der Waals surface area (Å²) >= 11 is 0. The van der Waals surface area contributed by atoms with E-state index in [0.717, 1.165) is 34.3 Å². The van der Waals surface area contributed by atoms with E-state index >= 15 is 0 Å². The summed E-state index contributed by atoms with van der Waals surface area (Å²) in [4.78, 5) is 19.9. The van der Waals surface area contributed by atoms with E-state index in [2.05, 4.69) is 11.9 Å². The number of rotatable bonds is 9. The van der Waals surface area contributed by atoms with E-state index in [1.54, 1.807) is 4.90 Å². The number of aliphatic hydroxyl groups is 1. The Morgan fingerprint density at radius 3 is 2.63 bits per heavy atom. The molecule has 0 fully saturated rings. The van der Waals surface area contributed by atoms with Crippen LogP contribution in [0.2, 0.25) is 0 Å². The van der Waals surface area contributed by atoms with Crippen LogP contribution >= 0.6 is 0 Å². The standard InChI is InChI=1S/C24H31N3O3/c1-5-18-12-10-11-17(4)23(18)27(16-30-7-3)22(29)15-26-20-14-9-8-13-19(20)25-24(26)21(28)6-2/h8-14,21,28H,5-7,15-16H2,1-4H3/t21-/m1/s1. The largest absolute Gasteiger partial charge is 0.385 e. The summed E-state index contributed by atoms with van der Waals surface area (Å²) < 4.78 is 7.49. The number of aliphatic hydroxyl groups excluding tert-OH is 1. The molecular weight excluding hydrogens is 378 g/mol. The minimum atomic E-state index is -0.727. The molecule has 0 aliphatic rings. The maximum Gasteiger partial charge on any atom is 0.248 e. The Morgan fingerprint density at radius 1 is 1.17 bits per heavy atom. The molecule has 1 amide bonds. The van der Waals surface area contributed by atoms with Crippen LogP contribution < -0.4 is 4.90 Å². The van der Waals surface area contributed by atoms with Crippen molar-refractivity contribution in [2.75, 3.05) is 18.2 Å². The average molecular weight is 410 g/mol. The number of benzene rings is 2. The third kappa shape index (κ3) is 4.40. The lowest BCUT2D eigenvalue weighted by molar-refractivity contribution is -0.120. The fourth-order valence-electron chi connectivity index (χ4n) is 3.75. The SMILES string of the molecule is CCOCN(C(=O)Cn1c([C@H](O)CC)nc2ccccc21)c1c(C)cccc1CC. The molecule has 0 radical (unpaired) electrons. The molecule has 1 N–H and O–H groups in total. The predicted molar refractivity (Wildman–Crippen MR) is 120 cm³/mol. The van der Waals surface area contributed by atoms with Crippen molar-refractivity contribution in [1.82, 2.24) is 9.55 Å². The van der Waals surface area contributed by atoms with Gasteiger partial charge in [-0.05, 0) is 49.9 Å². The van der Waals surface area contributed by atoms with Crippen molar-refractivity contribution < 1.29 is 14.6 Å². The van der Waals surface area contributed by atoms with Gasteiger partial charge in [0.2, 0.25) is 5.91 Å². The van der Waals surface area contributed by atoms with Gasteiger partial charge in [0.05, 0.1) is 16.7 Å². The number of aromatic nitrogens is 2. The second-order valence-electron chi connectivity index (χ2n) is 7.35. The van der Waals surface area contributed by atoms with E-state index in [9.17, 15) is 9.90 Å². The van der Waals surface area contributed by atoms with E-state index in [1.807, 2.05) is 67.8 Å². The average Bonchev–Trinajstić information content (AvgIpc) is 3.12. The van der Waals surface area contributed by atoms with Crippen molar-refractivity contribution in [2.24, 2.45) is 0 Å². The number of hydrogen-bond acceptors (Lipinski definition) is 4. The van der Waals surface area contributed by atoms with Gasteiger partial charge in [-0.15, -0.1) is 0 Å². The van der Waals surface area contributed by atoms with Crippen LogP contribution in [0.15, 0.2) is 42.5 Å². The number of carbonyl (C=O) groups is 1. The molecule has 30 heavy (non-hydrogen) atoms. The number of anilines is 1. The highest BCUT2D eigenvalue weighted by atomic mass is 16.5. The van der Waals surface area contributed by atoms with Crippen LogP contribution in [0, 0.1) is 6.92 Å². The van der Waals surface area contributed by atoms with Gasteiger partial charge < -0.3 is 14.4 Å². The number of carbonyl (C=O) groups excluding carboxylic acids is 1. The molecule has 0 saturated carbocycles. The van der Waals surface area contributed by atoms with E-state index in [1.165, 1.54) is 0 Å². The molecule has 6 nitrogen and oxygen atoms in total. The van der Waals surface area contributed by atoms with Crippen LogP contribution in [0.1, 0.15) is 50.2 Å². The Labute approximate surface area is 178 Å². The van der Waals surface area contributed by atoms with E-state index in [0.29, 0.717) is 18.9 Å². The highest BCUT2D eigenvalue weighted by molar-refractivity contribution is 5.95. The lowest BCUT2D eigenvalue weighted by Gasteiger charge is -2.27. The molecule has 1 aromatic heterocycles. The van der Waals surface area contributed by atoms with Crippen LogP contribution in [0.25, 0.3) is 11.0 Å². The molecule has 160 valence electrons. The zero-order valence-corrected chi connectivity index (χ0v) is 18.3. The van der Waals surface area contributed by atoms with Gasteiger partial charge in [0.1, 0.15) is 25.2 Å². The van der Waals surface area contributed by atoms with Gasteiger partial charge >= 0.3 is 0 Å². The second kappa shape index (κ2) is 9.87. The van der Waals surface area contributed by atoms with Crippen molar-refractivity contribution in [1.29, 1.82) is 0 Å². The van der Waals surface area contributed by atoms with E-state index < -0.39 is 6.10 Å². The smallest absolute Gasteiger partial charge is 0.248 e. The molecule has 0 bridgehead atoms. The van der Waals surface area contributed by atoms with Gasteiger partial charge in [-0.1, -0.05) is 44.2 Å². The van der Waals surface area contributed by atoms with Crippen LogP contribution in [0.4, 0.5) is 5.69 Å². The molecule has 2 aromatic carbocycles. The Balaban J connectivity index is 2.04. The van der Waals surface area contributed by atoms with Crippen molar-refractivity contribution in [3.05, 3.63) is 59.4 Å². The number of para-hydroxylation sites is 3. The van der Waals surface area contributed by atoms with Gasteiger partial charge in [-0.2, -0.15) is 0 Å². The normalized spacial score (nSPS) is 12.3. The van der Waals surface area contributed by atoms with Crippen LogP contribution in [-0.4, -0.2) is 33.9 Å². The summed E-state index contributed by atoms with van der Waals surface area (Å²) in [7, 11) is 0. The van der Waals surface area contributed by atoms with Gasteiger partial charge in [-0.25, -0.2) is 4.98 Å². The lowest BCUT2D eigenvalue weighted by atomic mass is 10.0. The maximum atomic E-state index is 13.6. The van der Waals surface area contributed by atoms with Crippen molar-refractivity contribution in [2.45, 2.75) is 53.2 Å². The van der Waals surface area contributed by atoms with Gasteiger partial charge in [0.15, 0.2) is 0 Å². The number of imidazole rings is 1. The van der Waals surface area contributed by atoms with Crippen molar-refractivity contribution >= 4 is 22.6 Å². The Hall–Kier alpha value is -2.70. The maximum absolute atomic E-state index is 13.6. The third-order valence-electron chi connectivity index (χ3n) is 5.36. The van der Waals surface area contributed by atoms with Crippen molar-refractivity contribution in [3.63, 3.8) is 0 Å². The monoisotopic (exact) mass is 409 g/mol. The Morgan fingerprint density at radius 2 is 1.93 bits per heavy atom. The highest BCUT2D eigenvalue weighted by Crippen LogP contribution is 2.28. The number of amides is 1. The molecule has 6 heteroatoms. The number of nitrogens with zero attached hydrogens (tertiary/aromatic N) is 3. The van der Waals surface area contributed by atoms with Gasteiger partial charge in [0, 0.05) is 6.61 Å². The fourth-order valence-corrected chi connectivity index (χ4v) is 3.75. The molecule has 0 aliphatic carbocycles. The first-order chi connectivity index (χ1) is 14.5. The third-order valence-corrected chi connectivity index (χ3v) is 5.36. The number of fused-ring (bicyclic) bond motifs is 1. The number of aryl methyl sites for hydroxylation is 2. The van der Waals surface area contributed by atoms with Crippen molar-refractivity contribution in [3.8, 4) is 0 Å². The summed E-state index contributed by atoms with van der Waals surface area (Å²) in [5, 5.41) is 10.5. The summed E-state index contributed by atoms with van der Waals surface area (Å²) in [5.41, 5.74) is 4.65. The van der Waals surface area contributed by atoms with Gasteiger partial charge in [0.25, 0.3) is 0 Å². The summed E-state index contributed by atoms with van der Waals surface area (Å²) in [5.74, 6) is 0.420. The fraction of sp³-hybridized carbons (Fsp3) is 0.417. The number of hydrogen-bond donors (Lipinski definition) is 1. The molecule has 0 aliphatic heterocycles. The summed E-state index contributed by atoms with van der Waals surface area (Å²) in [6.07, 6.45) is 0.619. The molecule has 0 saturated heterocycles. The first-order valence-corrected chi connectivity index (χ1v) is 10.6. The van der Waals surface area contributed by atoms with Crippen LogP contribution in [0.3, 0.4) is 0 Å². The summed E-state index contributed by atoms with van der Waals surface area (Å²) in [6.45, 7) is 8.70. The predicted octanol–water partition coefficient (Wildman–Crippen LogP) is 4.38. The minimum Gasteiger partial charge on any atom is -0.385 e. The summed E-state index contributed by atoms with van der Waals surface area (Å²) in [6, 6.07) is 13.7. The minimum absolute atomic E-state index is 0.0808. The number of ether oxygens (including phenoxy) is 1. The van der Waals surface area contributed by atoms with E-state index in [4.69, 9.17) is 4.74 Å². The van der Waals surface area contributed by atoms with Gasteiger partial charge in [-0.3, -0.25) is 9.69 Å². The molecule has 0 spiro atoms. The quantitative estimate of drug-likeness (QED) is 0.533. The molecular formula is C24H31N3O3. The Kier molecular flexibility index (Phi) is 7.24. The molecule has 3 rings (SSSR count). The Bertz CT molecular complexity index is 1010. The zero-order chi connectivity index (χ0) is 21.7. The van der Waals surface area contributed by atoms with E-state index in [-0.39, 0.29) is 19.2 Å². The molecule has 3 aromatic rings. The van der Waals surface area contributed by atoms with Crippen LogP contribution in [0.5, 0.6) is 0 Å². The van der Waals surface area contributed by atoms with Crippen LogP contribution in [-0.2, 0) is 22.5 Å². The first-order valence-electron chi connectivity index (χ1n) is 10.6. The topological polar surface area (TPSA) is 67.6 Å².